The molecule has 25 heavy (non-hydrogen) atoms. The molecule has 1 aromatic heterocycles. The molecule has 3 rings (SSSR count). The number of carbonyl (C=O) groups excluding carboxylic acids is 1. The minimum Gasteiger partial charge on any atom is -0.393 e. The van der Waals surface area contributed by atoms with Crippen molar-refractivity contribution >= 4 is 34.6 Å². The molecule has 1 aliphatic rings. The van der Waals surface area contributed by atoms with Crippen LogP contribution >= 0.6 is 0 Å². The van der Waals surface area contributed by atoms with Crippen LogP contribution in [-0.2, 0) is 4.79 Å². The van der Waals surface area contributed by atoms with Crippen LogP contribution in [0.15, 0.2) is 30.6 Å². The molecule has 1 aromatic carbocycles. The van der Waals surface area contributed by atoms with E-state index in [1.807, 2.05) is 24.3 Å². The van der Waals surface area contributed by atoms with Crippen molar-refractivity contribution < 1.29 is 4.79 Å². The monoisotopic (exact) mass is 340 g/mol. The van der Waals surface area contributed by atoms with E-state index in [1.165, 1.54) is 13.3 Å². The Balaban J connectivity index is 1.76. The maximum absolute atomic E-state index is 11.1. The largest absolute Gasteiger partial charge is 0.393 e. The number of amides is 1. The minimum atomic E-state index is -0.0962. The molecule has 0 radical (unpaired) electrons. The highest BCUT2D eigenvalue weighted by atomic mass is 16.1. The molecule has 1 atom stereocenters. The topological polar surface area (TPSA) is 96.2 Å². The van der Waals surface area contributed by atoms with E-state index in [1.54, 1.807) is 6.33 Å². The molecule has 0 spiro atoms. The van der Waals surface area contributed by atoms with E-state index < -0.39 is 0 Å². The zero-order chi connectivity index (χ0) is 17.8. The number of anilines is 5. The van der Waals surface area contributed by atoms with Gasteiger partial charge < -0.3 is 21.3 Å². The lowest BCUT2D eigenvalue weighted by molar-refractivity contribution is -0.114. The van der Waals surface area contributed by atoms with E-state index in [4.69, 9.17) is 5.73 Å². The summed E-state index contributed by atoms with van der Waals surface area (Å²) in [5.41, 5.74) is 8.47. The van der Waals surface area contributed by atoms with Gasteiger partial charge in [0.05, 0.1) is 0 Å². The first-order valence-electron chi connectivity index (χ1n) is 8.53. The molecule has 7 nitrogen and oxygen atoms in total. The highest BCUT2D eigenvalue weighted by Gasteiger charge is 2.21. The number of nitrogens with zero attached hydrogens (tertiary/aromatic N) is 3. The molecule has 1 aliphatic heterocycles. The second-order valence-electron chi connectivity index (χ2n) is 6.54. The number of benzene rings is 1. The molecule has 7 heteroatoms. The average Bonchev–Trinajstić information content (AvgIpc) is 2.58. The first kappa shape index (κ1) is 17.0. The molecule has 1 unspecified atom stereocenters. The third kappa shape index (κ3) is 4.17. The van der Waals surface area contributed by atoms with Gasteiger partial charge >= 0.3 is 0 Å². The van der Waals surface area contributed by atoms with Gasteiger partial charge in [-0.15, -0.1) is 0 Å². The number of piperidine rings is 1. The summed E-state index contributed by atoms with van der Waals surface area (Å²) in [4.78, 5) is 22.0. The first-order chi connectivity index (χ1) is 12.0. The fourth-order valence-corrected chi connectivity index (χ4v) is 3.10. The Bertz CT molecular complexity index is 746. The van der Waals surface area contributed by atoms with Crippen LogP contribution in [0.2, 0.25) is 0 Å². The predicted octanol–water partition coefficient (Wildman–Crippen LogP) is 3.00. The summed E-state index contributed by atoms with van der Waals surface area (Å²) < 4.78 is 0. The molecule has 1 amide bonds. The summed E-state index contributed by atoms with van der Waals surface area (Å²) in [6.07, 6.45) is 3.93. The first-order valence-corrected chi connectivity index (χ1v) is 8.53. The molecule has 1 fully saturated rings. The summed E-state index contributed by atoms with van der Waals surface area (Å²) in [6.45, 7) is 5.67. The molecule has 4 N–H and O–H groups in total. The van der Waals surface area contributed by atoms with Crippen molar-refractivity contribution in [2.24, 2.45) is 5.92 Å². The van der Waals surface area contributed by atoms with Gasteiger partial charge in [-0.05, 0) is 43.0 Å². The van der Waals surface area contributed by atoms with Crippen LogP contribution in [0.5, 0.6) is 0 Å². The van der Waals surface area contributed by atoms with Crippen molar-refractivity contribution in [3.8, 4) is 0 Å². The summed E-state index contributed by atoms with van der Waals surface area (Å²) in [7, 11) is 0. The number of hydrogen-bond donors (Lipinski definition) is 3. The van der Waals surface area contributed by atoms with E-state index in [9.17, 15) is 4.79 Å². The second kappa shape index (κ2) is 7.38. The summed E-state index contributed by atoms with van der Waals surface area (Å²) >= 11 is 0. The Morgan fingerprint density at radius 1 is 1.24 bits per heavy atom. The molecule has 0 bridgehead atoms. The number of hydrogen-bond acceptors (Lipinski definition) is 6. The van der Waals surface area contributed by atoms with E-state index >= 15 is 0 Å². The van der Waals surface area contributed by atoms with Crippen LogP contribution in [-0.4, -0.2) is 29.0 Å². The fourth-order valence-electron chi connectivity index (χ4n) is 3.10. The van der Waals surface area contributed by atoms with Gasteiger partial charge in [0.25, 0.3) is 0 Å². The smallest absolute Gasteiger partial charge is 0.221 e. The Kier molecular flexibility index (Phi) is 5.02. The van der Waals surface area contributed by atoms with Gasteiger partial charge in [0, 0.05) is 31.4 Å². The summed E-state index contributed by atoms with van der Waals surface area (Å²) in [5, 5.41) is 5.97. The van der Waals surface area contributed by atoms with Crippen molar-refractivity contribution in [1.29, 1.82) is 0 Å². The van der Waals surface area contributed by atoms with Gasteiger partial charge in [-0.25, -0.2) is 9.97 Å². The van der Waals surface area contributed by atoms with E-state index in [0.29, 0.717) is 17.4 Å². The Morgan fingerprint density at radius 3 is 2.64 bits per heavy atom. The highest BCUT2D eigenvalue weighted by Crippen LogP contribution is 2.31. The number of aromatic nitrogens is 2. The van der Waals surface area contributed by atoms with Crippen LogP contribution < -0.4 is 21.3 Å². The van der Waals surface area contributed by atoms with E-state index in [2.05, 4.69) is 32.4 Å². The van der Waals surface area contributed by atoms with Crippen molar-refractivity contribution in [1.82, 2.24) is 9.97 Å². The number of nitrogens with two attached hydrogens (primary N) is 1. The zero-order valence-corrected chi connectivity index (χ0v) is 14.6. The van der Waals surface area contributed by atoms with Gasteiger partial charge in [0.2, 0.25) is 5.91 Å². The zero-order valence-electron chi connectivity index (χ0n) is 14.6. The number of carbonyl (C=O) groups is 1. The number of rotatable bonds is 4. The van der Waals surface area contributed by atoms with E-state index in [0.717, 1.165) is 36.7 Å². The fraction of sp³-hybridized carbons (Fsp3) is 0.389. The Hall–Kier alpha value is -2.83. The lowest BCUT2D eigenvalue weighted by Gasteiger charge is -2.32. The van der Waals surface area contributed by atoms with E-state index in [-0.39, 0.29) is 5.91 Å². The summed E-state index contributed by atoms with van der Waals surface area (Å²) in [5.74, 6) is 1.93. The van der Waals surface area contributed by atoms with Crippen LogP contribution in [0.3, 0.4) is 0 Å². The summed E-state index contributed by atoms with van der Waals surface area (Å²) in [6, 6.07) is 7.40. The van der Waals surface area contributed by atoms with Gasteiger partial charge in [0.15, 0.2) is 11.6 Å². The third-order valence-corrected chi connectivity index (χ3v) is 4.29. The maximum atomic E-state index is 11.1. The SMILES string of the molecule is CC(=O)Nc1ccc(Nc2ncnc(N3CCCC(C)C3)c2N)cc1. The number of nitrogen functional groups attached to an aromatic ring is 1. The van der Waals surface area contributed by atoms with Crippen molar-refractivity contribution in [3.63, 3.8) is 0 Å². The molecule has 1 saturated heterocycles. The lowest BCUT2D eigenvalue weighted by Crippen LogP contribution is -2.35. The van der Waals surface area contributed by atoms with Gasteiger partial charge in [0.1, 0.15) is 12.0 Å². The lowest BCUT2D eigenvalue weighted by atomic mass is 10.0. The van der Waals surface area contributed by atoms with Crippen LogP contribution in [0, 0.1) is 5.92 Å². The normalized spacial score (nSPS) is 17.2. The standard InChI is InChI=1S/C18H24N6O/c1-12-4-3-9-24(10-12)18-16(19)17(20-11-21-18)23-15-7-5-14(6-8-15)22-13(2)25/h5-8,11-12H,3-4,9-10,19H2,1-2H3,(H,22,25)(H,20,21,23). The molecule has 0 aliphatic carbocycles. The molecular formula is C18H24N6O. The average molecular weight is 340 g/mol. The van der Waals surface area contributed by atoms with Gasteiger partial charge in [-0.3, -0.25) is 4.79 Å². The third-order valence-electron chi connectivity index (χ3n) is 4.29. The maximum Gasteiger partial charge on any atom is 0.221 e. The second-order valence-corrected chi connectivity index (χ2v) is 6.54. The molecule has 132 valence electrons. The number of nitrogens with one attached hydrogen (secondary N) is 2. The van der Waals surface area contributed by atoms with Crippen LogP contribution in [0.4, 0.5) is 28.7 Å². The predicted molar refractivity (Wildman–Crippen MR) is 101 cm³/mol. The molecule has 0 saturated carbocycles. The Labute approximate surface area is 147 Å². The molecular weight excluding hydrogens is 316 g/mol. The molecule has 2 aromatic rings. The van der Waals surface area contributed by atoms with Gasteiger partial charge in [-0.1, -0.05) is 6.92 Å². The van der Waals surface area contributed by atoms with Gasteiger partial charge in [-0.2, -0.15) is 0 Å². The van der Waals surface area contributed by atoms with Crippen molar-refractivity contribution in [3.05, 3.63) is 30.6 Å². The quantitative estimate of drug-likeness (QED) is 0.792. The molecule has 2 heterocycles. The Morgan fingerprint density at radius 2 is 1.96 bits per heavy atom. The minimum absolute atomic E-state index is 0.0962. The van der Waals surface area contributed by atoms with Crippen molar-refractivity contribution in [2.45, 2.75) is 26.7 Å². The highest BCUT2D eigenvalue weighted by molar-refractivity contribution is 5.89. The van der Waals surface area contributed by atoms with Crippen molar-refractivity contribution in [2.75, 3.05) is 34.4 Å². The van der Waals surface area contributed by atoms with Crippen LogP contribution in [0.1, 0.15) is 26.7 Å². The van der Waals surface area contributed by atoms with Crippen LogP contribution in [0.25, 0.3) is 0 Å².